The highest BCUT2D eigenvalue weighted by Gasteiger charge is 2.54. The van der Waals surface area contributed by atoms with Gasteiger partial charge in [0.1, 0.15) is 11.4 Å². The Balaban J connectivity index is 1.11. The van der Waals surface area contributed by atoms with Crippen LogP contribution in [0.15, 0.2) is 66.9 Å². The van der Waals surface area contributed by atoms with Crippen molar-refractivity contribution >= 4 is 22.4 Å². The monoisotopic (exact) mass is 553 g/mol. The molecule has 8 nitrogen and oxygen atoms in total. The summed E-state index contributed by atoms with van der Waals surface area (Å²) in [4.78, 5) is 23.0. The first-order valence-corrected chi connectivity index (χ1v) is 14.5. The first-order valence-electron chi connectivity index (χ1n) is 14.5. The number of piperidine rings is 1. The van der Waals surface area contributed by atoms with Gasteiger partial charge in [-0.3, -0.25) is 14.4 Å². The molecule has 1 unspecified atom stereocenters. The lowest BCUT2D eigenvalue weighted by atomic mass is 9.84. The first kappa shape index (κ1) is 26.1. The van der Waals surface area contributed by atoms with Gasteiger partial charge >= 0.3 is 0 Å². The van der Waals surface area contributed by atoms with Gasteiger partial charge in [-0.1, -0.05) is 41.6 Å². The summed E-state index contributed by atoms with van der Waals surface area (Å²) in [5.41, 5.74) is 3.99. The van der Waals surface area contributed by atoms with Crippen molar-refractivity contribution in [2.45, 2.75) is 43.9 Å². The third-order valence-electron chi connectivity index (χ3n) is 9.18. The lowest BCUT2D eigenvalue weighted by Crippen LogP contribution is -2.57. The highest BCUT2D eigenvalue weighted by molar-refractivity contribution is 5.94. The molecule has 7 rings (SSSR count). The van der Waals surface area contributed by atoms with Gasteiger partial charge in [-0.2, -0.15) is 0 Å². The molecule has 4 aromatic rings. The number of anilines is 1. The van der Waals surface area contributed by atoms with Crippen LogP contribution in [-0.2, 0) is 24.3 Å². The third-order valence-corrected chi connectivity index (χ3v) is 9.18. The first-order chi connectivity index (χ1) is 19.9. The van der Waals surface area contributed by atoms with E-state index in [2.05, 4.69) is 61.4 Å². The summed E-state index contributed by atoms with van der Waals surface area (Å²) >= 11 is 0. The van der Waals surface area contributed by atoms with E-state index in [1.165, 1.54) is 34.0 Å². The van der Waals surface area contributed by atoms with E-state index in [0.717, 1.165) is 50.3 Å². The average molecular weight is 554 g/mol. The second-order valence-corrected chi connectivity index (χ2v) is 12.0. The summed E-state index contributed by atoms with van der Waals surface area (Å²) in [5, 5.41) is 11.2. The molecular formula is C32H36FN7O. The van der Waals surface area contributed by atoms with E-state index < -0.39 is 5.54 Å². The summed E-state index contributed by atoms with van der Waals surface area (Å²) < 4.78 is 15.7. The lowest BCUT2D eigenvalue weighted by Gasteiger charge is -2.45. The topological polar surface area (TPSA) is 60.7 Å². The van der Waals surface area contributed by atoms with Gasteiger partial charge in [0, 0.05) is 44.1 Å². The molecule has 9 heteroatoms. The van der Waals surface area contributed by atoms with Crippen molar-refractivity contribution in [3.8, 4) is 0 Å². The summed E-state index contributed by atoms with van der Waals surface area (Å²) in [6.45, 7) is 4.01. The summed E-state index contributed by atoms with van der Waals surface area (Å²) in [6, 6.07) is 20.2. The van der Waals surface area contributed by atoms with Gasteiger partial charge in [0.2, 0.25) is 5.91 Å². The summed E-state index contributed by atoms with van der Waals surface area (Å²) in [5.74, 6) is -0.110. The molecule has 212 valence electrons. The van der Waals surface area contributed by atoms with E-state index in [1.54, 1.807) is 12.1 Å². The van der Waals surface area contributed by atoms with Gasteiger partial charge in [-0.05, 0) is 79.5 Å². The standard InChI is InChI=1S/C32H36FN7O/c1-36(2)20-26-21-39(35-34-26)18-17-38-22-40(27-11-9-25(33)10-12-27)32(31(38)41)13-15-37(16-14-32)29-19-24-7-3-5-23-6-4-8-28(29)30(23)24/h3-12,21,29H,13-20,22H2,1-2H3. The fraction of sp³-hybridized carbons (Fsp3) is 0.406. The summed E-state index contributed by atoms with van der Waals surface area (Å²) in [7, 11) is 4.01. The molecule has 0 N–H and O–H groups in total. The molecule has 1 aromatic heterocycles. The number of halogens is 1. The Labute approximate surface area is 239 Å². The number of benzene rings is 3. The quantitative estimate of drug-likeness (QED) is 0.344. The van der Waals surface area contributed by atoms with E-state index in [4.69, 9.17) is 0 Å². The minimum atomic E-state index is -0.635. The lowest BCUT2D eigenvalue weighted by molar-refractivity contribution is -0.134. The fourth-order valence-electron chi connectivity index (χ4n) is 7.20. The normalized spacial score (nSPS) is 20.3. The van der Waals surface area contributed by atoms with Crippen molar-refractivity contribution in [1.29, 1.82) is 0 Å². The van der Waals surface area contributed by atoms with Crippen LogP contribution in [0.1, 0.15) is 35.7 Å². The van der Waals surface area contributed by atoms with Crippen molar-refractivity contribution < 1.29 is 9.18 Å². The molecule has 2 saturated heterocycles. The fourth-order valence-corrected chi connectivity index (χ4v) is 7.20. The molecular weight excluding hydrogens is 517 g/mol. The number of hydrogen-bond donors (Lipinski definition) is 0. The molecule has 1 spiro atoms. The van der Waals surface area contributed by atoms with Crippen molar-refractivity contribution in [2.75, 3.05) is 45.3 Å². The highest BCUT2D eigenvalue weighted by Crippen LogP contribution is 2.45. The van der Waals surface area contributed by atoms with E-state index in [9.17, 15) is 9.18 Å². The van der Waals surface area contributed by atoms with Crippen LogP contribution in [0.2, 0.25) is 0 Å². The zero-order valence-electron chi connectivity index (χ0n) is 23.7. The smallest absolute Gasteiger partial charge is 0.250 e. The zero-order valence-corrected chi connectivity index (χ0v) is 23.7. The van der Waals surface area contributed by atoms with Crippen LogP contribution in [-0.4, -0.2) is 81.5 Å². The van der Waals surface area contributed by atoms with E-state index in [0.29, 0.717) is 25.8 Å². The van der Waals surface area contributed by atoms with Gasteiger partial charge in [-0.25, -0.2) is 4.39 Å². The minimum absolute atomic E-state index is 0.159. The molecule has 3 aliphatic rings. The number of nitrogens with zero attached hydrogens (tertiary/aromatic N) is 7. The summed E-state index contributed by atoms with van der Waals surface area (Å²) in [6.07, 6.45) is 4.43. The molecule has 41 heavy (non-hydrogen) atoms. The number of carbonyl (C=O) groups is 1. The molecule has 3 aromatic carbocycles. The second-order valence-electron chi connectivity index (χ2n) is 12.0. The Morgan fingerprint density at radius 1 is 1.00 bits per heavy atom. The van der Waals surface area contributed by atoms with Gasteiger partial charge in [-0.15, -0.1) is 5.10 Å². The van der Waals surface area contributed by atoms with Crippen molar-refractivity contribution in [3.05, 3.63) is 89.5 Å². The molecule has 2 aliphatic heterocycles. The van der Waals surface area contributed by atoms with E-state index >= 15 is 0 Å². The van der Waals surface area contributed by atoms with E-state index in [1.807, 2.05) is 29.9 Å². The van der Waals surface area contributed by atoms with E-state index in [-0.39, 0.29) is 11.7 Å². The molecule has 3 heterocycles. The molecule has 0 bridgehead atoms. The van der Waals surface area contributed by atoms with Crippen LogP contribution in [0, 0.1) is 5.82 Å². The van der Waals surface area contributed by atoms with Crippen molar-refractivity contribution in [3.63, 3.8) is 0 Å². The molecule has 1 aliphatic carbocycles. The SMILES string of the molecule is CN(C)Cc1cn(CCN2CN(c3ccc(F)cc3)C3(CCN(C4Cc5cccc6cccc4c56)CC3)C2=O)nn1. The second kappa shape index (κ2) is 10.2. The number of amides is 1. The van der Waals surface area contributed by atoms with Crippen LogP contribution in [0.25, 0.3) is 10.8 Å². The average Bonchev–Trinajstić information content (AvgIpc) is 3.65. The number of hydrogen-bond acceptors (Lipinski definition) is 6. The van der Waals surface area contributed by atoms with Gasteiger partial charge in [0.25, 0.3) is 0 Å². The highest BCUT2D eigenvalue weighted by atomic mass is 19.1. The number of rotatable bonds is 7. The number of carbonyl (C=O) groups excluding carboxylic acids is 1. The number of likely N-dealkylation sites (tertiary alicyclic amines) is 1. The molecule has 0 radical (unpaired) electrons. The van der Waals surface area contributed by atoms with Crippen LogP contribution < -0.4 is 4.90 Å². The molecule has 0 saturated carbocycles. The molecule has 1 amide bonds. The Kier molecular flexibility index (Phi) is 6.51. The van der Waals surface area contributed by atoms with Gasteiger partial charge < -0.3 is 14.7 Å². The Hall–Kier alpha value is -3.82. The Morgan fingerprint density at radius 3 is 2.51 bits per heavy atom. The minimum Gasteiger partial charge on any atom is -0.339 e. The van der Waals surface area contributed by atoms with Crippen molar-refractivity contribution in [2.24, 2.45) is 0 Å². The van der Waals surface area contributed by atoms with Crippen LogP contribution in [0.4, 0.5) is 10.1 Å². The predicted molar refractivity (Wildman–Crippen MR) is 157 cm³/mol. The zero-order chi connectivity index (χ0) is 28.1. The maximum atomic E-state index is 14.2. The van der Waals surface area contributed by atoms with Gasteiger partial charge in [0.05, 0.1) is 18.9 Å². The Morgan fingerprint density at radius 2 is 1.76 bits per heavy atom. The molecule has 2 fully saturated rings. The van der Waals surface area contributed by atoms with Gasteiger partial charge in [0.15, 0.2) is 0 Å². The van der Waals surface area contributed by atoms with Crippen LogP contribution >= 0.6 is 0 Å². The third kappa shape index (κ3) is 4.57. The van der Waals surface area contributed by atoms with Crippen LogP contribution in [0.5, 0.6) is 0 Å². The van der Waals surface area contributed by atoms with Crippen LogP contribution in [0.3, 0.4) is 0 Å². The largest absolute Gasteiger partial charge is 0.339 e. The molecule has 1 atom stereocenters. The number of aromatic nitrogens is 3. The van der Waals surface area contributed by atoms with Crippen molar-refractivity contribution in [1.82, 2.24) is 29.7 Å². The predicted octanol–water partition coefficient (Wildman–Crippen LogP) is 4.07. The maximum Gasteiger partial charge on any atom is 0.250 e. The Bertz CT molecular complexity index is 1570. The maximum absolute atomic E-state index is 14.2.